The van der Waals surface area contributed by atoms with Crippen LogP contribution < -0.4 is 5.32 Å². The zero-order valence-corrected chi connectivity index (χ0v) is 9.22. The van der Waals surface area contributed by atoms with Crippen LogP contribution in [0.5, 0.6) is 0 Å². The van der Waals surface area contributed by atoms with Crippen LogP contribution in [-0.2, 0) is 9.59 Å². The number of ketones is 1. The molecule has 0 radical (unpaired) electrons. The number of nitrogens with zero attached hydrogens (tertiary/aromatic N) is 3. The molecule has 0 aromatic carbocycles. The zero-order valence-electron chi connectivity index (χ0n) is 9.22. The van der Waals surface area contributed by atoms with Crippen molar-refractivity contribution in [2.75, 3.05) is 13.6 Å². The third-order valence-electron chi connectivity index (χ3n) is 2.08. The summed E-state index contributed by atoms with van der Waals surface area (Å²) in [4.78, 5) is 24.4. The lowest BCUT2D eigenvalue weighted by molar-refractivity contribution is -0.137. The molecule has 16 heavy (non-hydrogen) atoms. The molecular formula is C9H16N4O3. The Labute approximate surface area is 93.5 Å². The molecule has 0 aromatic heterocycles. The second kappa shape index (κ2) is 8.70. The first-order chi connectivity index (χ1) is 7.60. The van der Waals surface area contributed by atoms with Crippen molar-refractivity contribution < 1.29 is 14.7 Å². The van der Waals surface area contributed by atoms with Gasteiger partial charge in [-0.1, -0.05) is 5.11 Å². The van der Waals surface area contributed by atoms with Gasteiger partial charge >= 0.3 is 5.97 Å². The van der Waals surface area contributed by atoms with E-state index in [2.05, 4.69) is 15.3 Å². The van der Waals surface area contributed by atoms with Crippen molar-refractivity contribution in [3.63, 3.8) is 0 Å². The van der Waals surface area contributed by atoms with Crippen molar-refractivity contribution in [3.05, 3.63) is 10.4 Å². The van der Waals surface area contributed by atoms with Crippen LogP contribution >= 0.6 is 0 Å². The number of aliphatic carboxylic acids is 1. The molecule has 90 valence electrons. The molecule has 0 rings (SSSR count). The fourth-order valence-corrected chi connectivity index (χ4v) is 1.26. The van der Waals surface area contributed by atoms with Crippen molar-refractivity contribution >= 4 is 11.8 Å². The van der Waals surface area contributed by atoms with Crippen LogP contribution in [0.1, 0.15) is 25.7 Å². The van der Waals surface area contributed by atoms with Gasteiger partial charge in [0.05, 0.1) is 6.42 Å². The smallest absolute Gasteiger partial charge is 0.304 e. The lowest BCUT2D eigenvalue weighted by atomic mass is 10.0. The molecule has 0 saturated heterocycles. The van der Waals surface area contributed by atoms with Crippen LogP contribution in [0.4, 0.5) is 0 Å². The van der Waals surface area contributed by atoms with E-state index in [0.29, 0.717) is 19.4 Å². The van der Waals surface area contributed by atoms with Gasteiger partial charge in [-0.2, -0.15) is 0 Å². The third kappa shape index (κ3) is 7.78. The fraction of sp³-hybridized carbons (Fsp3) is 0.778. The number of hydrogen-bond donors (Lipinski definition) is 2. The summed E-state index contributed by atoms with van der Waals surface area (Å²) in [5, 5.41) is 14.7. The van der Waals surface area contributed by atoms with Crippen molar-refractivity contribution in [2.45, 2.75) is 31.7 Å². The maximum absolute atomic E-state index is 11.4. The number of azide groups is 1. The Morgan fingerprint density at radius 2 is 2.19 bits per heavy atom. The lowest BCUT2D eigenvalue weighted by Gasteiger charge is -2.12. The summed E-state index contributed by atoms with van der Waals surface area (Å²) in [6.45, 7) is 0.297. The Bertz CT molecular complexity index is 286. The van der Waals surface area contributed by atoms with E-state index in [1.807, 2.05) is 0 Å². The summed E-state index contributed by atoms with van der Waals surface area (Å²) < 4.78 is 0. The predicted molar refractivity (Wildman–Crippen MR) is 58.0 cm³/mol. The van der Waals surface area contributed by atoms with Gasteiger partial charge in [-0.15, -0.1) is 0 Å². The van der Waals surface area contributed by atoms with E-state index in [1.54, 1.807) is 7.05 Å². The molecule has 7 heteroatoms. The van der Waals surface area contributed by atoms with Crippen LogP contribution in [0.3, 0.4) is 0 Å². The third-order valence-corrected chi connectivity index (χ3v) is 2.08. The number of rotatable bonds is 9. The molecular weight excluding hydrogens is 212 g/mol. The van der Waals surface area contributed by atoms with Crippen LogP contribution in [0.2, 0.25) is 0 Å². The lowest BCUT2D eigenvalue weighted by Crippen LogP contribution is -2.30. The summed E-state index contributed by atoms with van der Waals surface area (Å²) in [7, 11) is 1.63. The Kier molecular flexibility index (Phi) is 7.83. The van der Waals surface area contributed by atoms with Gasteiger partial charge in [-0.25, -0.2) is 0 Å². The minimum Gasteiger partial charge on any atom is -0.481 e. The molecule has 0 aromatic rings. The van der Waals surface area contributed by atoms with Gasteiger partial charge in [-0.3, -0.25) is 9.59 Å². The predicted octanol–water partition coefficient (Wildman–Crippen LogP) is 1.10. The molecule has 0 spiro atoms. The van der Waals surface area contributed by atoms with E-state index < -0.39 is 5.97 Å². The van der Waals surface area contributed by atoms with Crippen molar-refractivity contribution in [2.24, 2.45) is 5.11 Å². The summed E-state index contributed by atoms with van der Waals surface area (Å²) in [5.41, 5.74) is 8.01. The van der Waals surface area contributed by atoms with Gasteiger partial charge in [0, 0.05) is 30.3 Å². The number of carbonyl (C=O) groups excluding carboxylic acids is 1. The van der Waals surface area contributed by atoms with E-state index >= 15 is 0 Å². The molecule has 0 amide bonds. The van der Waals surface area contributed by atoms with Gasteiger partial charge in [0.25, 0.3) is 0 Å². The van der Waals surface area contributed by atoms with Crippen LogP contribution in [-0.4, -0.2) is 36.5 Å². The molecule has 1 unspecified atom stereocenters. The first-order valence-electron chi connectivity index (χ1n) is 5.01. The Morgan fingerprint density at radius 3 is 2.69 bits per heavy atom. The van der Waals surface area contributed by atoms with Crippen LogP contribution in [0, 0.1) is 0 Å². The molecule has 0 bridgehead atoms. The highest BCUT2D eigenvalue weighted by Crippen LogP contribution is 2.03. The molecule has 7 nitrogen and oxygen atoms in total. The molecule has 0 heterocycles. The summed E-state index contributed by atoms with van der Waals surface area (Å²) in [5.74, 6) is -0.949. The van der Waals surface area contributed by atoms with Crippen molar-refractivity contribution in [1.29, 1.82) is 0 Å². The van der Waals surface area contributed by atoms with Gasteiger partial charge < -0.3 is 10.4 Å². The van der Waals surface area contributed by atoms with Gasteiger partial charge in [-0.05, 0) is 19.0 Å². The van der Waals surface area contributed by atoms with E-state index in [0.717, 1.165) is 0 Å². The largest absolute Gasteiger partial charge is 0.481 e. The Morgan fingerprint density at radius 1 is 1.50 bits per heavy atom. The molecule has 0 fully saturated rings. The fourth-order valence-electron chi connectivity index (χ4n) is 1.26. The number of nitrogens with one attached hydrogen (secondary N) is 1. The number of hydrogen-bond acceptors (Lipinski definition) is 4. The highest BCUT2D eigenvalue weighted by atomic mass is 16.4. The maximum atomic E-state index is 11.4. The minimum absolute atomic E-state index is 0.0197. The highest BCUT2D eigenvalue weighted by molar-refractivity contribution is 5.80. The van der Waals surface area contributed by atoms with Crippen LogP contribution in [0.25, 0.3) is 10.4 Å². The number of carboxylic acids is 1. The van der Waals surface area contributed by atoms with Crippen molar-refractivity contribution in [3.8, 4) is 0 Å². The average Bonchev–Trinajstić information content (AvgIpc) is 2.23. The molecule has 1 atom stereocenters. The van der Waals surface area contributed by atoms with E-state index in [9.17, 15) is 9.59 Å². The first kappa shape index (κ1) is 14.4. The quantitative estimate of drug-likeness (QED) is 0.266. The molecule has 0 aliphatic carbocycles. The second-order valence-corrected chi connectivity index (χ2v) is 3.38. The number of Topliss-reactive ketones (excluding diaryl/α,β-unsaturated/α-hetero) is 1. The molecule has 0 aliphatic heterocycles. The van der Waals surface area contributed by atoms with Gasteiger partial charge in [0.15, 0.2) is 0 Å². The zero-order chi connectivity index (χ0) is 12.4. The maximum Gasteiger partial charge on any atom is 0.304 e. The monoisotopic (exact) mass is 228 g/mol. The number of carbonyl (C=O) groups is 2. The normalized spacial score (nSPS) is 11.6. The van der Waals surface area contributed by atoms with E-state index in [-0.39, 0.29) is 24.7 Å². The van der Waals surface area contributed by atoms with E-state index in [4.69, 9.17) is 10.6 Å². The second-order valence-electron chi connectivity index (χ2n) is 3.38. The van der Waals surface area contributed by atoms with E-state index in [1.165, 1.54) is 0 Å². The van der Waals surface area contributed by atoms with Gasteiger partial charge in [0.1, 0.15) is 5.78 Å². The van der Waals surface area contributed by atoms with Crippen molar-refractivity contribution in [1.82, 2.24) is 5.32 Å². The van der Waals surface area contributed by atoms with Crippen LogP contribution in [0.15, 0.2) is 5.11 Å². The summed E-state index contributed by atoms with van der Waals surface area (Å²) >= 11 is 0. The number of carboxylic acid groups (broad SMARTS) is 1. The topological polar surface area (TPSA) is 115 Å². The highest BCUT2D eigenvalue weighted by Gasteiger charge is 2.14. The Hall–Kier alpha value is -1.59. The molecule has 2 N–H and O–H groups in total. The molecule has 0 aliphatic rings. The average molecular weight is 228 g/mol. The summed E-state index contributed by atoms with van der Waals surface area (Å²) in [6, 6.07) is -0.329. The first-order valence-corrected chi connectivity index (χ1v) is 5.01. The standard InChI is InChI=1S/C9H16N4O3/c1-11-7(6-9(15)16)5-8(14)3-2-4-12-13-10/h7,11H,2-6H2,1H3,(H,15,16). The van der Waals surface area contributed by atoms with Gasteiger partial charge in [0.2, 0.25) is 0 Å². The Balaban J connectivity index is 3.82. The summed E-state index contributed by atoms with van der Waals surface area (Å²) in [6.07, 6.45) is 0.945. The minimum atomic E-state index is -0.929. The molecule has 0 saturated carbocycles. The SMILES string of the molecule is CNC(CC(=O)O)CC(=O)CCCN=[N+]=[N-].